The van der Waals surface area contributed by atoms with Crippen LogP contribution in [0.2, 0.25) is 0 Å². The van der Waals surface area contributed by atoms with E-state index in [0.29, 0.717) is 31.5 Å². The van der Waals surface area contributed by atoms with Gasteiger partial charge in [0.1, 0.15) is 6.04 Å². The first kappa shape index (κ1) is 22.5. The number of carbonyl (C=O) groups excluding carboxylic acids is 3. The number of anilines is 1. The van der Waals surface area contributed by atoms with Crippen LogP contribution >= 0.6 is 15.9 Å². The second-order valence-electron chi connectivity index (χ2n) is 9.06. The van der Waals surface area contributed by atoms with Crippen molar-refractivity contribution in [1.82, 2.24) is 9.80 Å². The average molecular weight is 498 g/mol. The van der Waals surface area contributed by atoms with E-state index in [1.807, 2.05) is 42.5 Å². The Morgan fingerprint density at radius 3 is 2.72 bits per heavy atom. The van der Waals surface area contributed by atoms with Gasteiger partial charge in [0.15, 0.2) is 0 Å². The van der Waals surface area contributed by atoms with Gasteiger partial charge in [-0.2, -0.15) is 0 Å². The fraction of sp³-hybridized carbons (Fsp3) is 0.400. The zero-order valence-corrected chi connectivity index (χ0v) is 20.2. The number of amides is 3. The lowest BCUT2D eigenvalue weighted by atomic mass is 9.96. The summed E-state index contributed by atoms with van der Waals surface area (Å²) in [6.45, 7) is 5.00. The second kappa shape index (κ2) is 9.06. The lowest BCUT2D eigenvalue weighted by molar-refractivity contribution is -0.135. The van der Waals surface area contributed by atoms with Gasteiger partial charge in [-0.15, -0.1) is 0 Å². The molecule has 0 radical (unpaired) electrons. The maximum absolute atomic E-state index is 13.5. The van der Waals surface area contributed by atoms with Crippen molar-refractivity contribution < 1.29 is 14.4 Å². The third kappa shape index (κ3) is 4.31. The van der Waals surface area contributed by atoms with Crippen molar-refractivity contribution >= 4 is 39.3 Å². The molecule has 0 bridgehead atoms. The summed E-state index contributed by atoms with van der Waals surface area (Å²) in [7, 11) is 1.76. The van der Waals surface area contributed by atoms with Crippen LogP contribution in [0.15, 0.2) is 46.9 Å². The van der Waals surface area contributed by atoms with Gasteiger partial charge in [-0.1, -0.05) is 48.0 Å². The number of para-hydroxylation sites is 1. The molecule has 0 unspecified atom stereocenters. The molecule has 1 N–H and O–H groups in total. The monoisotopic (exact) mass is 497 g/mol. The van der Waals surface area contributed by atoms with Crippen molar-refractivity contribution in [3.63, 3.8) is 0 Å². The van der Waals surface area contributed by atoms with E-state index in [1.165, 1.54) is 0 Å². The van der Waals surface area contributed by atoms with Gasteiger partial charge in [-0.05, 0) is 54.2 Å². The molecule has 0 saturated heterocycles. The average Bonchev–Trinajstić information content (AvgIpc) is 3.25. The van der Waals surface area contributed by atoms with Gasteiger partial charge in [0.25, 0.3) is 5.91 Å². The van der Waals surface area contributed by atoms with Gasteiger partial charge in [0.2, 0.25) is 11.8 Å². The van der Waals surface area contributed by atoms with Crippen LogP contribution in [-0.4, -0.2) is 47.2 Å². The Morgan fingerprint density at radius 1 is 1.22 bits per heavy atom. The van der Waals surface area contributed by atoms with Gasteiger partial charge in [0, 0.05) is 35.9 Å². The van der Waals surface area contributed by atoms with Gasteiger partial charge < -0.3 is 15.1 Å². The molecular weight excluding hydrogens is 470 g/mol. The first-order valence-corrected chi connectivity index (χ1v) is 11.8. The van der Waals surface area contributed by atoms with Gasteiger partial charge in [-0.25, -0.2) is 0 Å². The van der Waals surface area contributed by atoms with Crippen molar-refractivity contribution in [3.8, 4) is 0 Å². The van der Waals surface area contributed by atoms with Crippen molar-refractivity contribution in [2.45, 2.75) is 45.2 Å². The molecule has 2 aromatic carbocycles. The smallest absolute Gasteiger partial charge is 0.255 e. The minimum absolute atomic E-state index is 0.0264. The van der Waals surface area contributed by atoms with Gasteiger partial charge in [-0.3, -0.25) is 14.4 Å². The molecule has 32 heavy (non-hydrogen) atoms. The van der Waals surface area contributed by atoms with Crippen LogP contribution < -0.4 is 5.32 Å². The zero-order chi connectivity index (χ0) is 23.0. The molecule has 2 aliphatic heterocycles. The van der Waals surface area contributed by atoms with Crippen molar-refractivity contribution in [2.75, 3.05) is 18.9 Å². The predicted molar refractivity (Wildman–Crippen MR) is 127 cm³/mol. The second-order valence-corrected chi connectivity index (χ2v) is 9.97. The number of carbonyl (C=O) groups is 3. The van der Waals surface area contributed by atoms with Gasteiger partial charge >= 0.3 is 0 Å². The van der Waals surface area contributed by atoms with E-state index < -0.39 is 6.04 Å². The Hall–Kier alpha value is -2.67. The van der Waals surface area contributed by atoms with E-state index in [-0.39, 0.29) is 29.6 Å². The lowest BCUT2D eigenvalue weighted by Gasteiger charge is -2.32. The highest BCUT2D eigenvalue weighted by atomic mass is 79.9. The number of nitrogens with one attached hydrogen (secondary N) is 1. The third-order valence-electron chi connectivity index (χ3n) is 6.30. The summed E-state index contributed by atoms with van der Waals surface area (Å²) in [5.41, 5.74) is 3.43. The Balaban J connectivity index is 1.48. The molecule has 6 nitrogen and oxygen atoms in total. The molecule has 7 heteroatoms. The Labute approximate surface area is 197 Å². The number of fused-ring (bicyclic) bond motifs is 2. The minimum Gasteiger partial charge on any atom is -0.344 e. The topological polar surface area (TPSA) is 69.7 Å². The quantitative estimate of drug-likeness (QED) is 0.615. The highest BCUT2D eigenvalue weighted by molar-refractivity contribution is 9.10. The molecule has 2 aromatic rings. The van der Waals surface area contributed by atoms with Crippen LogP contribution in [0, 0.1) is 5.92 Å². The van der Waals surface area contributed by atoms with E-state index >= 15 is 0 Å². The van der Waals surface area contributed by atoms with E-state index in [0.717, 1.165) is 21.3 Å². The van der Waals surface area contributed by atoms with Crippen LogP contribution in [0.25, 0.3) is 0 Å². The van der Waals surface area contributed by atoms with Crippen LogP contribution in [0.3, 0.4) is 0 Å². The first-order chi connectivity index (χ1) is 15.3. The lowest BCUT2D eigenvalue weighted by Crippen LogP contribution is -2.48. The number of hydrogen-bond acceptors (Lipinski definition) is 3. The number of halogens is 1. The maximum atomic E-state index is 13.5. The Bertz CT molecular complexity index is 1070. The summed E-state index contributed by atoms with van der Waals surface area (Å²) in [6, 6.07) is 12.8. The number of benzene rings is 2. The highest BCUT2D eigenvalue weighted by Gasteiger charge is 2.38. The number of hydrogen-bond donors (Lipinski definition) is 1. The summed E-state index contributed by atoms with van der Waals surface area (Å²) < 4.78 is 0.921. The predicted octanol–water partition coefficient (Wildman–Crippen LogP) is 4.40. The summed E-state index contributed by atoms with van der Waals surface area (Å²) in [5.74, 6) is -0.204. The molecule has 0 aromatic heterocycles. The largest absolute Gasteiger partial charge is 0.344 e. The summed E-state index contributed by atoms with van der Waals surface area (Å²) in [6.07, 6.45) is 1.14. The first-order valence-electron chi connectivity index (χ1n) is 11.0. The van der Waals surface area contributed by atoms with Crippen molar-refractivity contribution in [2.24, 2.45) is 5.92 Å². The fourth-order valence-electron chi connectivity index (χ4n) is 4.62. The normalized spacial score (nSPS) is 17.9. The third-order valence-corrected chi connectivity index (χ3v) is 6.79. The van der Waals surface area contributed by atoms with Crippen LogP contribution in [0.4, 0.5) is 5.69 Å². The molecule has 0 saturated carbocycles. The van der Waals surface area contributed by atoms with Crippen LogP contribution in [0.1, 0.15) is 54.1 Å². The molecule has 0 aliphatic carbocycles. The van der Waals surface area contributed by atoms with Crippen LogP contribution in [-0.2, 0) is 16.1 Å². The molecule has 4 rings (SSSR count). The van der Waals surface area contributed by atoms with E-state index in [2.05, 4.69) is 35.1 Å². The molecule has 168 valence electrons. The molecule has 3 amide bonds. The molecule has 2 atom stereocenters. The SMILES string of the molecule is CC(C)C[C@@H](C(=O)N(C)CC[C@H]1C(=O)Nc2ccccc21)N1Cc2cc(Br)ccc2C1=O. The summed E-state index contributed by atoms with van der Waals surface area (Å²) in [4.78, 5) is 42.4. The molecule has 2 aliphatic rings. The maximum Gasteiger partial charge on any atom is 0.255 e. The fourth-order valence-corrected chi connectivity index (χ4v) is 5.03. The number of likely N-dealkylation sites (N-methyl/N-ethyl adjacent to an activating group) is 1. The Kier molecular flexibility index (Phi) is 6.38. The zero-order valence-electron chi connectivity index (χ0n) is 18.6. The summed E-state index contributed by atoms with van der Waals surface area (Å²) >= 11 is 3.47. The number of nitrogens with zero attached hydrogens (tertiary/aromatic N) is 2. The molecule has 0 spiro atoms. The van der Waals surface area contributed by atoms with E-state index in [4.69, 9.17) is 0 Å². The van der Waals surface area contributed by atoms with E-state index in [1.54, 1.807) is 16.8 Å². The molecule has 2 heterocycles. The highest BCUT2D eigenvalue weighted by Crippen LogP contribution is 2.35. The van der Waals surface area contributed by atoms with Crippen molar-refractivity contribution in [3.05, 3.63) is 63.6 Å². The minimum atomic E-state index is -0.525. The van der Waals surface area contributed by atoms with Gasteiger partial charge in [0.05, 0.1) is 5.92 Å². The summed E-state index contributed by atoms with van der Waals surface area (Å²) in [5, 5.41) is 2.92. The molecule has 0 fully saturated rings. The van der Waals surface area contributed by atoms with Crippen LogP contribution in [0.5, 0.6) is 0 Å². The standard InChI is InChI=1S/C25H28BrN3O3/c1-15(2)12-22(29-14-16-13-17(26)8-9-18(16)24(29)31)25(32)28(3)11-10-20-19-6-4-5-7-21(19)27-23(20)30/h4-9,13,15,20,22H,10-12,14H2,1-3H3,(H,27,30)/t20-,22+/m1/s1. The molecular formula is C25H28BrN3O3. The van der Waals surface area contributed by atoms with Crippen molar-refractivity contribution in [1.29, 1.82) is 0 Å². The Morgan fingerprint density at radius 2 is 1.97 bits per heavy atom. The number of rotatable bonds is 7. The van der Waals surface area contributed by atoms with E-state index in [9.17, 15) is 14.4 Å².